The third-order valence-corrected chi connectivity index (χ3v) is 3.82. The molecule has 142 valence electrons. The van der Waals surface area contributed by atoms with E-state index in [2.05, 4.69) is 16.0 Å². The van der Waals surface area contributed by atoms with E-state index in [4.69, 9.17) is 4.74 Å². The summed E-state index contributed by atoms with van der Waals surface area (Å²) in [6.07, 6.45) is 0. The molecule has 0 unspecified atom stereocenters. The Bertz CT molecular complexity index is 864. The molecule has 2 amide bonds. The normalized spacial score (nSPS) is 11.3. The second kappa shape index (κ2) is 8.84. The quantitative estimate of drug-likeness (QED) is 0.651. The first kappa shape index (κ1) is 20.0. The fourth-order valence-corrected chi connectivity index (χ4v) is 2.47. The van der Waals surface area contributed by atoms with Gasteiger partial charge in [-0.1, -0.05) is 12.1 Å². The van der Waals surface area contributed by atoms with Gasteiger partial charge in [0.2, 0.25) is 11.8 Å². The highest BCUT2D eigenvalue weighted by molar-refractivity contribution is 5.99. The van der Waals surface area contributed by atoms with Gasteiger partial charge in [0, 0.05) is 23.9 Å². The van der Waals surface area contributed by atoms with Gasteiger partial charge < -0.3 is 20.7 Å². The minimum Gasteiger partial charge on any atom is -0.495 e. The van der Waals surface area contributed by atoms with Crippen LogP contribution in [0.2, 0.25) is 0 Å². The van der Waals surface area contributed by atoms with Crippen molar-refractivity contribution in [3.63, 3.8) is 0 Å². The first-order valence-electron chi connectivity index (χ1n) is 8.44. The van der Waals surface area contributed by atoms with Gasteiger partial charge in [-0.05, 0) is 44.2 Å². The smallest absolute Gasteiger partial charge is 0.246 e. The SMILES string of the molecule is COc1ccc(NC(C)=O)cc1N[C@@H](C)C(=O)Nc1cccc(C(C)=O)c1. The predicted octanol–water partition coefficient (Wildman–Crippen LogP) is 3.30. The lowest BCUT2D eigenvalue weighted by Gasteiger charge is -2.18. The molecule has 1 atom stereocenters. The zero-order valence-electron chi connectivity index (χ0n) is 15.8. The summed E-state index contributed by atoms with van der Waals surface area (Å²) >= 11 is 0. The van der Waals surface area contributed by atoms with Crippen LogP contribution in [-0.2, 0) is 9.59 Å². The predicted molar refractivity (Wildman–Crippen MR) is 105 cm³/mol. The van der Waals surface area contributed by atoms with Gasteiger partial charge in [0.1, 0.15) is 11.8 Å². The highest BCUT2D eigenvalue weighted by atomic mass is 16.5. The van der Waals surface area contributed by atoms with E-state index in [-0.39, 0.29) is 17.6 Å². The largest absolute Gasteiger partial charge is 0.495 e. The molecule has 0 saturated heterocycles. The van der Waals surface area contributed by atoms with Gasteiger partial charge >= 0.3 is 0 Å². The summed E-state index contributed by atoms with van der Waals surface area (Å²) in [4.78, 5) is 35.2. The van der Waals surface area contributed by atoms with Gasteiger partial charge in [0.15, 0.2) is 5.78 Å². The number of hydrogen-bond donors (Lipinski definition) is 3. The summed E-state index contributed by atoms with van der Waals surface area (Å²) in [5.41, 5.74) is 2.23. The van der Waals surface area contributed by atoms with Crippen molar-refractivity contribution in [2.45, 2.75) is 26.8 Å². The van der Waals surface area contributed by atoms with E-state index in [1.54, 1.807) is 49.4 Å². The molecule has 2 aromatic carbocycles. The van der Waals surface area contributed by atoms with Crippen LogP contribution in [0.5, 0.6) is 5.75 Å². The van der Waals surface area contributed by atoms with Crippen molar-refractivity contribution >= 4 is 34.7 Å². The lowest BCUT2D eigenvalue weighted by molar-refractivity contribution is -0.116. The molecule has 0 aliphatic rings. The Labute approximate surface area is 158 Å². The zero-order valence-corrected chi connectivity index (χ0v) is 15.8. The number of Topliss-reactive ketones (excluding diaryl/α,β-unsaturated/α-hetero) is 1. The van der Waals surface area contributed by atoms with Gasteiger partial charge in [-0.15, -0.1) is 0 Å². The van der Waals surface area contributed by atoms with Crippen molar-refractivity contribution in [1.82, 2.24) is 0 Å². The molecular weight excluding hydrogens is 346 g/mol. The van der Waals surface area contributed by atoms with Crippen LogP contribution in [0.4, 0.5) is 17.1 Å². The Morgan fingerprint density at radius 2 is 1.67 bits per heavy atom. The van der Waals surface area contributed by atoms with E-state index in [0.29, 0.717) is 28.4 Å². The number of rotatable bonds is 7. The van der Waals surface area contributed by atoms with Crippen molar-refractivity contribution in [3.05, 3.63) is 48.0 Å². The molecule has 0 bridgehead atoms. The maximum Gasteiger partial charge on any atom is 0.246 e. The first-order chi connectivity index (χ1) is 12.8. The second-order valence-electron chi connectivity index (χ2n) is 6.09. The molecule has 0 fully saturated rings. The molecule has 2 rings (SSSR count). The van der Waals surface area contributed by atoms with Crippen LogP contribution in [-0.4, -0.2) is 30.7 Å². The van der Waals surface area contributed by atoms with Crippen LogP contribution in [0, 0.1) is 0 Å². The Morgan fingerprint density at radius 1 is 0.963 bits per heavy atom. The molecule has 0 aliphatic carbocycles. The highest BCUT2D eigenvalue weighted by Gasteiger charge is 2.16. The van der Waals surface area contributed by atoms with Crippen LogP contribution >= 0.6 is 0 Å². The van der Waals surface area contributed by atoms with E-state index in [0.717, 1.165) is 0 Å². The van der Waals surface area contributed by atoms with E-state index < -0.39 is 6.04 Å². The molecule has 7 nitrogen and oxygen atoms in total. The van der Waals surface area contributed by atoms with Gasteiger partial charge in [0.05, 0.1) is 12.8 Å². The summed E-state index contributed by atoms with van der Waals surface area (Å²) in [6, 6.07) is 11.3. The van der Waals surface area contributed by atoms with E-state index in [9.17, 15) is 14.4 Å². The first-order valence-corrected chi connectivity index (χ1v) is 8.44. The molecule has 0 aliphatic heterocycles. The van der Waals surface area contributed by atoms with E-state index in [1.807, 2.05) is 0 Å². The summed E-state index contributed by atoms with van der Waals surface area (Å²) in [6.45, 7) is 4.59. The third-order valence-electron chi connectivity index (χ3n) is 3.82. The number of anilines is 3. The third kappa shape index (κ3) is 5.57. The van der Waals surface area contributed by atoms with Crippen LogP contribution in [0.3, 0.4) is 0 Å². The number of ketones is 1. The minimum atomic E-state index is -0.590. The van der Waals surface area contributed by atoms with Crippen molar-refractivity contribution in [3.8, 4) is 5.75 Å². The second-order valence-corrected chi connectivity index (χ2v) is 6.09. The van der Waals surface area contributed by atoms with Crippen LogP contribution in [0.1, 0.15) is 31.1 Å². The standard InChI is InChI=1S/C20H23N3O4/c1-12(20(26)23-16-7-5-6-15(10-16)13(2)24)21-18-11-17(22-14(3)25)8-9-19(18)27-4/h5-12,21H,1-4H3,(H,22,25)(H,23,26)/t12-/m0/s1. The number of benzene rings is 2. The number of methoxy groups -OCH3 is 1. The van der Waals surface area contributed by atoms with Crippen molar-refractivity contribution < 1.29 is 19.1 Å². The fourth-order valence-electron chi connectivity index (χ4n) is 2.47. The van der Waals surface area contributed by atoms with Crippen molar-refractivity contribution in [2.75, 3.05) is 23.1 Å². The van der Waals surface area contributed by atoms with Crippen molar-refractivity contribution in [2.24, 2.45) is 0 Å². The number of ether oxygens (including phenoxy) is 1. The average molecular weight is 369 g/mol. The average Bonchev–Trinajstić information content (AvgIpc) is 2.61. The molecule has 0 heterocycles. The molecule has 0 aromatic heterocycles. The van der Waals surface area contributed by atoms with Crippen LogP contribution in [0.15, 0.2) is 42.5 Å². The number of amides is 2. The van der Waals surface area contributed by atoms with Gasteiger partial charge in [-0.2, -0.15) is 0 Å². The van der Waals surface area contributed by atoms with Crippen molar-refractivity contribution in [1.29, 1.82) is 0 Å². The Balaban J connectivity index is 2.12. The minimum absolute atomic E-state index is 0.0724. The molecule has 27 heavy (non-hydrogen) atoms. The monoisotopic (exact) mass is 369 g/mol. The molecule has 3 N–H and O–H groups in total. The Morgan fingerprint density at radius 3 is 2.30 bits per heavy atom. The van der Waals surface area contributed by atoms with Gasteiger partial charge in [0.25, 0.3) is 0 Å². The van der Waals surface area contributed by atoms with Crippen LogP contribution < -0.4 is 20.7 Å². The molecule has 0 spiro atoms. The molecule has 7 heteroatoms. The zero-order chi connectivity index (χ0) is 20.0. The molecule has 2 aromatic rings. The Kier molecular flexibility index (Phi) is 6.54. The van der Waals surface area contributed by atoms with Gasteiger partial charge in [-0.25, -0.2) is 0 Å². The van der Waals surface area contributed by atoms with Crippen LogP contribution in [0.25, 0.3) is 0 Å². The summed E-state index contributed by atoms with van der Waals surface area (Å²) in [5.74, 6) is 0.00377. The maximum atomic E-state index is 12.5. The van der Waals surface area contributed by atoms with Gasteiger partial charge in [-0.3, -0.25) is 14.4 Å². The molecular formula is C20H23N3O4. The number of hydrogen-bond acceptors (Lipinski definition) is 5. The number of nitrogens with one attached hydrogen (secondary N) is 3. The molecule has 0 radical (unpaired) electrons. The molecule has 0 saturated carbocycles. The maximum absolute atomic E-state index is 12.5. The summed E-state index contributed by atoms with van der Waals surface area (Å²) in [7, 11) is 1.52. The fraction of sp³-hybridized carbons (Fsp3) is 0.250. The lowest BCUT2D eigenvalue weighted by Crippen LogP contribution is -2.32. The number of carbonyl (C=O) groups excluding carboxylic acids is 3. The topological polar surface area (TPSA) is 96.5 Å². The summed E-state index contributed by atoms with van der Waals surface area (Å²) in [5, 5.41) is 8.54. The Hall–Kier alpha value is -3.35. The van der Waals surface area contributed by atoms with E-state index in [1.165, 1.54) is 21.0 Å². The lowest BCUT2D eigenvalue weighted by atomic mass is 10.1. The summed E-state index contributed by atoms with van der Waals surface area (Å²) < 4.78 is 5.30. The number of carbonyl (C=O) groups is 3. The van der Waals surface area contributed by atoms with E-state index >= 15 is 0 Å². The highest BCUT2D eigenvalue weighted by Crippen LogP contribution is 2.28.